The van der Waals surface area contributed by atoms with Crippen LogP contribution in [0.15, 0.2) is 22.7 Å². The van der Waals surface area contributed by atoms with E-state index in [2.05, 4.69) is 22.2 Å². The molecule has 6 nitrogen and oxygen atoms in total. The van der Waals surface area contributed by atoms with Crippen LogP contribution in [0.2, 0.25) is 0 Å². The van der Waals surface area contributed by atoms with Gasteiger partial charge in [0.15, 0.2) is 0 Å². The average Bonchev–Trinajstić information content (AvgIpc) is 3.23. The lowest BCUT2D eigenvalue weighted by atomic mass is 10.0. The summed E-state index contributed by atoms with van der Waals surface area (Å²) in [5.74, 6) is 0.755. The zero-order valence-corrected chi connectivity index (χ0v) is 15.6. The molecule has 1 aliphatic heterocycles. The van der Waals surface area contributed by atoms with Crippen LogP contribution < -0.4 is 4.90 Å². The van der Waals surface area contributed by atoms with Crippen molar-refractivity contribution >= 4 is 11.6 Å². The molecule has 0 aromatic carbocycles. The van der Waals surface area contributed by atoms with Crippen LogP contribution in [-0.2, 0) is 0 Å². The molecule has 1 aliphatic rings. The number of carbonyl (C=O) groups excluding carboxylic acids is 1. The zero-order valence-electron chi connectivity index (χ0n) is 15.6. The molecule has 1 atom stereocenters. The largest absolute Gasteiger partial charge is 0.378 e. The minimum Gasteiger partial charge on any atom is -0.378 e. The minimum absolute atomic E-state index is 0.0811. The summed E-state index contributed by atoms with van der Waals surface area (Å²) in [6.45, 7) is 7.46. The van der Waals surface area contributed by atoms with Crippen molar-refractivity contribution in [3.8, 4) is 0 Å². The molecule has 25 heavy (non-hydrogen) atoms. The van der Waals surface area contributed by atoms with E-state index in [-0.39, 0.29) is 17.7 Å². The van der Waals surface area contributed by atoms with E-state index in [1.807, 2.05) is 39.8 Å². The van der Waals surface area contributed by atoms with E-state index in [0.717, 1.165) is 29.2 Å². The molecule has 0 radical (unpaired) electrons. The van der Waals surface area contributed by atoms with Crippen molar-refractivity contribution in [3.63, 3.8) is 0 Å². The van der Waals surface area contributed by atoms with E-state index in [0.29, 0.717) is 18.8 Å². The van der Waals surface area contributed by atoms with E-state index in [1.54, 1.807) is 6.07 Å². The molecule has 6 heteroatoms. The number of amides is 1. The standard InChI is InChI=1S/C19H26N4O2/c1-12(2)16-10-18(25-21-16)19(24)23-7-6-14(11-23)17-9-15(22(4)5)8-13(3)20-17/h8-10,12,14H,6-7,11H2,1-5H3/t14-/m1/s1. The van der Waals surface area contributed by atoms with E-state index in [4.69, 9.17) is 9.51 Å². The first kappa shape index (κ1) is 17.5. The predicted octanol–water partition coefficient (Wildman–Crippen LogP) is 3.20. The molecule has 0 spiro atoms. The fourth-order valence-corrected chi connectivity index (χ4v) is 3.15. The van der Waals surface area contributed by atoms with Crippen LogP contribution in [-0.4, -0.2) is 48.1 Å². The highest BCUT2D eigenvalue weighted by Gasteiger charge is 2.31. The normalized spacial score (nSPS) is 17.4. The molecule has 134 valence electrons. The second-order valence-electron chi connectivity index (χ2n) is 7.29. The first-order valence-electron chi connectivity index (χ1n) is 8.77. The van der Waals surface area contributed by atoms with E-state index < -0.39 is 0 Å². The Morgan fingerprint density at radius 2 is 2.08 bits per heavy atom. The van der Waals surface area contributed by atoms with Gasteiger partial charge in [0.05, 0.1) is 5.69 Å². The molecule has 1 amide bonds. The number of hydrogen-bond acceptors (Lipinski definition) is 5. The number of nitrogens with zero attached hydrogens (tertiary/aromatic N) is 4. The van der Waals surface area contributed by atoms with Gasteiger partial charge in [0, 0.05) is 56.2 Å². The average molecular weight is 342 g/mol. The number of likely N-dealkylation sites (tertiary alicyclic amines) is 1. The quantitative estimate of drug-likeness (QED) is 0.854. The lowest BCUT2D eigenvalue weighted by molar-refractivity contribution is 0.0749. The third kappa shape index (κ3) is 3.67. The van der Waals surface area contributed by atoms with Gasteiger partial charge >= 0.3 is 0 Å². The van der Waals surface area contributed by atoms with E-state index >= 15 is 0 Å². The Morgan fingerprint density at radius 3 is 2.72 bits per heavy atom. The predicted molar refractivity (Wildman–Crippen MR) is 97.2 cm³/mol. The van der Waals surface area contributed by atoms with Crippen molar-refractivity contribution in [3.05, 3.63) is 41.0 Å². The Morgan fingerprint density at radius 1 is 1.32 bits per heavy atom. The minimum atomic E-state index is -0.0811. The smallest absolute Gasteiger partial charge is 0.292 e. The zero-order chi connectivity index (χ0) is 18.1. The topological polar surface area (TPSA) is 62.5 Å². The Kier molecular flexibility index (Phi) is 4.79. The number of carbonyl (C=O) groups is 1. The molecule has 0 bridgehead atoms. The number of aromatic nitrogens is 2. The highest BCUT2D eigenvalue weighted by Crippen LogP contribution is 2.29. The summed E-state index contributed by atoms with van der Waals surface area (Å²) in [4.78, 5) is 21.3. The molecule has 3 rings (SSSR count). The van der Waals surface area contributed by atoms with Crippen molar-refractivity contribution in [2.45, 2.75) is 39.0 Å². The molecule has 2 aromatic rings. The van der Waals surface area contributed by atoms with Crippen LogP contribution in [0.5, 0.6) is 0 Å². The van der Waals surface area contributed by atoms with E-state index in [1.165, 1.54) is 0 Å². The van der Waals surface area contributed by atoms with Gasteiger partial charge < -0.3 is 14.3 Å². The van der Waals surface area contributed by atoms with Gasteiger partial charge in [0.25, 0.3) is 5.91 Å². The number of aryl methyl sites for hydroxylation is 1. The van der Waals surface area contributed by atoms with Crippen LogP contribution in [0.3, 0.4) is 0 Å². The summed E-state index contributed by atoms with van der Waals surface area (Å²) in [5.41, 5.74) is 4.02. The Hall–Kier alpha value is -2.37. The third-order valence-electron chi connectivity index (χ3n) is 4.70. The summed E-state index contributed by atoms with van der Waals surface area (Å²) in [6, 6.07) is 5.95. The lowest BCUT2D eigenvalue weighted by Gasteiger charge is -2.18. The van der Waals surface area contributed by atoms with Crippen molar-refractivity contribution in [2.75, 3.05) is 32.1 Å². The van der Waals surface area contributed by atoms with Crippen LogP contribution in [0.1, 0.15) is 59.7 Å². The first-order chi connectivity index (χ1) is 11.8. The van der Waals surface area contributed by atoms with Crippen LogP contribution >= 0.6 is 0 Å². The Bertz CT molecular complexity index is 767. The maximum absolute atomic E-state index is 12.7. The summed E-state index contributed by atoms with van der Waals surface area (Å²) in [6.07, 6.45) is 0.917. The molecule has 1 fully saturated rings. The molecule has 1 saturated heterocycles. The van der Waals surface area contributed by atoms with E-state index in [9.17, 15) is 4.79 Å². The van der Waals surface area contributed by atoms with Crippen LogP contribution in [0.25, 0.3) is 0 Å². The van der Waals surface area contributed by atoms with Crippen molar-refractivity contribution in [2.24, 2.45) is 0 Å². The Labute approximate surface area is 148 Å². The maximum Gasteiger partial charge on any atom is 0.292 e. The summed E-state index contributed by atoms with van der Waals surface area (Å²) in [5, 5.41) is 3.99. The highest BCUT2D eigenvalue weighted by atomic mass is 16.5. The highest BCUT2D eigenvalue weighted by molar-refractivity contribution is 5.91. The molecule has 0 N–H and O–H groups in total. The number of rotatable bonds is 4. The first-order valence-corrected chi connectivity index (χ1v) is 8.77. The number of hydrogen-bond donors (Lipinski definition) is 0. The van der Waals surface area contributed by atoms with Crippen LogP contribution in [0, 0.1) is 6.92 Å². The van der Waals surface area contributed by atoms with Crippen LogP contribution in [0.4, 0.5) is 5.69 Å². The van der Waals surface area contributed by atoms with Crippen molar-refractivity contribution in [1.29, 1.82) is 0 Å². The summed E-state index contributed by atoms with van der Waals surface area (Å²) < 4.78 is 5.25. The molecule has 3 heterocycles. The van der Waals surface area contributed by atoms with Gasteiger partial charge in [-0.2, -0.15) is 0 Å². The third-order valence-corrected chi connectivity index (χ3v) is 4.70. The van der Waals surface area contributed by atoms with Gasteiger partial charge in [-0.1, -0.05) is 19.0 Å². The molecule has 0 unspecified atom stereocenters. The fourth-order valence-electron chi connectivity index (χ4n) is 3.15. The maximum atomic E-state index is 12.7. The number of anilines is 1. The lowest BCUT2D eigenvalue weighted by Crippen LogP contribution is -2.28. The summed E-state index contributed by atoms with van der Waals surface area (Å²) in [7, 11) is 4.05. The van der Waals surface area contributed by atoms with Crippen molar-refractivity contribution < 1.29 is 9.32 Å². The molecule has 0 aliphatic carbocycles. The molecule has 2 aromatic heterocycles. The van der Waals surface area contributed by atoms with Gasteiger partial charge in [0.2, 0.25) is 5.76 Å². The fraction of sp³-hybridized carbons (Fsp3) is 0.526. The molecular weight excluding hydrogens is 316 g/mol. The second-order valence-corrected chi connectivity index (χ2v) is 7.29. The van der Waals surface area contributed by atoms with Gasteiger partial charge in [0.1, 0.15) is 0 Å². The van der Waals surface area contributed by atoms with Gasteiger partial charge in [-0.3, -0.25) is 9.78 Å². The molecule has 0 saturated carbocycles. The SMILES string of the molecule is Cc1cc(N(C)C)cc([C@@H]2CCN(C(=O)c3cc(C(C)C)no3)C2)n1. The van der Waals surface area contributed by atoms with Gasteiger partial charge in [-0.15, -0.1) is 0 Å². The monoisotopic (exact) mass is 342 g/mol. The van der Waals surface area contributed by atoms with Crippen molar-refractivity contribution in [1.82, 2.24) is 15.0 Å². The van der Waals surface area contributed by atoms with Gasteiger partial charge in [-0.25, -0.2) is 0 Å². The number of pyridine rings is 1. The molecular formula is C19H26N4O2. The Balaban J connectivity index is 1.74. The summed E-state index contributed by atoms with van der Waals surface area (Å²) >= 11 is 0. The van der Waals surface area contributed by atoms with Gasteiger partial charge in [-0.05, 0) is 31.4 Å². The second kappa shape index (κ2) is 6.86.